The number of halogens is 1. The number of hydrogen-bond acceptors (Lipinski definition) is 4. The van der Waals surface area contributed by atoms with Crippen LogP contribution in [0.1, 0.15) is 23.1 Å². The summed E-state index contributed by atoms with van der Waals surface area (Å²) < 4.78 is 41.4. The van der Waals surface area contributed by atoms with E-state index >= 15 is 0 Å². The summed E-state index contributed by atoms with van der Waals surface area (Å²) in [6, 6.07) is 10.3. The van der Waals surface area contributed by atoms with E-state index in [1.165, 1.54) is 24.3 Å². The molecule has 1 aliphatic heterocycles. The normalized spacial score (nSPS) is 15.8. The lowest BCUT2D eigenvalue weighted by Crippen LogP contribution is -2.30. The SMILES string of the molecule is CCn1c(CN2C(=O)c3ccccc3S2(=O)=O)nc2cc(F)ccc21. The van der Waals surface area contributed by atoms with Gasteiger partial charge in [0.1, 0.15) is 16.5 Å². The second-order valence-electron chi connectivity index (χ2n) is 5.72. The summed E-state index contributed by atoms with van der Waals surface area (Å²) in [5.41, 5.74) is 1.28. The highest BCUT2D eigenvalue weighted by Gasteiger charge is 2.41. The lowest BCUT2D eigenvalue weighted by molar-refractivity contribution is 0.0862. The van der Waals surface area contributed by atoms with Gasteiger partial charge in [0.2, 0.25) is 0 Å². The molecular weight excluding hydrogens is 345 g/mol. The van der Waals surface area contributed by atoms with Crippen molar-refractivity contribution in [1.29, 1.82) is 0 Å². The van der Waals surface area contributed by atoms with Crippen LogP contribution in [0.15, 0.2) is 47.4 Å². The molecule has 8 heteroatoms. The molecule has 1 aliphatic rings. The largest absolute Gasteiger partial charge is 0.327 e. The van der Waals surface area contributed by atoms with Gasteiger partial charge in [0.15, 0.2) is 0 Å². The van der Waals surface area contributed by atoms with Gasteiger partial charge < -0.3 is 4.57 Å². The Morgan fingerprint density at radius 1 is 1.16 bits per heavy atom. The Hall–Kier alpha value is -2.74. The Labute approximate surface area is 143 Å². The topological polar surface area (TPSA) is 72.3 Å². The molecule has 0 bridgehead atoms. The first-order valence-corrected chi connectivity index (χ1v) is 9.18. The number of rotatable bonds is 3. The molecule has 0 fully saturated rings. The van der Waals surface area contributed by atoms with E-state index < -0.39 is 21.7 Å². The zero-order valence-electron chi connectivity index (χ0n) is 13.3. The molecule has 4 rings (SSSR count). The zero-order chi connectivity index (χ0) is 17.8. The van der Waals surface area contributed by atoms with E-state index in [9.17, 15) is 17.6 Å². The number of carbonyl (C=O) groups excluding carboxylic acids is 1. The highest BCUT2D eigenvalue weighted by Crippen LogP contribution is 2.31. The van der Waals surface area contributed by atoms with Gasteiger partial charge in [0.25, 0.3) is 15.9 Å². The van der Waals surface area contributed by atoms with E-state index in [1.54, 1.807) is 22.8 Å². The summed E-state index contributed by atoms with van der Waals surface area (Å²) in [5, 5.41) is 0. The van der Waals surface area contributed by atoms with Crippen molar-refractivity contribution >= 4 is 27.0 Å². The minimum absolute atomic E-state index is 0.00482. The maximum absolute atomic E-state index is 13.4. The molecule has 0 N–H and O–H groups in total. The number of benzene rings is 2. The fourth-order valence-corrected chi connectivity index (χ4v) is 4.67. The molecule has 2 aromatic carbocycles. The first kappa shape index (κ1) is 15.8. The number of fused-ring (bicyclic) bond motifs is 2. The molecule has 25 heavy (non-hydrogen) atoms. The predicted octanol–water partition coefficient (Wildman–Crippen LogP) is 2.54. The van der Waals surface area contributed by atoms with Crippen molar-refractivity contribution in [2.75, 3.05) is 0 Å². The number of imidazole rings is 1. The fourth-order valence-electron chi connectivity index (χ4n) is 3.14. The summed E-state index contributed by atoms with van der Waals surface area (Å²) in [6.45, 7) is 2.20. The highest BCUT2D eigenvalue weighted by molar-refractivity contribution is 7.90. The van der Waals surface area contributed by atoms with Crippen LogP contribution in [0.5, 0.6) is 0 Å². The maximum Gasteiger partial charge on any atom is 0.269 e. The lowest BCUT2D eigenvalue weighted by Gasteiger charge is -2.15. The standard InChI is InChI=1S/C17H14FN3O3S/c1-2-20-14-8-7-11(18)9-13(14)19-16(20)10-21-17(22)12-5-3-4-6-15(12)25(21,23)24/h3-9H,2,10H2,1H3. The molecule has 3 aromatic rings. The molecule has 0 unspecified atom stereocenters. The van der Waals surface area contributed by atoms with Gasteiger partial charge in [-0.05, 0) is 31.2 Å². The number of amides is 1. The number of hydrogen-bond donors (Lipinski definition) is 0. The molecule has 1 aromatic heterocycles. The number of nitrogens with zero attached hydrogens (tertiary/aromatic N) is 3. The Balaban J connectivity index is 1.81. The van der Waals surface area contributed by atoms with Crippen molar-refractivity contribution in [3.63, 3.8) is 0 Å². The first-order valence-electron chi connectivity index (χ1n) is 7.74. The van der Waals surface area contributed by atoms with E-state index in [1.807, 2.05) is 6.92 Å². The van der Waals surface area contributed by atoms with Crippen LogP contribution in [0.3, 0.4) is 0 Å². The Bertz CT molecular complexity index is 1120. The van der Waals surface area contributed by atoms with Crippen molar-refractivity contribution in [1.82, 2.24) is 13.9 Å². The quantitative estimate of drug-likeness (QED) is 0.720. The molecule has 6 nitrogen and oxygen atoms in total. The molecule has 2 heterocycles. The van der Waals surface area contributed by atoms with Gasteiger partial charge in [-0.3, -0.25) is 4.79 Å². The van der Waals surface area contributed by atoms with Crippen LogP contribution in [0.2, 0.25) is 0 Å². The molecule has 128 valence electrons. The van der Waals surface area contributed by atoms with E-state index in [2.05, 4.69) is 4.98 Å². The number of aromatic nitrogens is 2. The van der Waals surface area contributed by atoms with Crippen LogP contribution in [-0.2, 0) is 23.1 Å². The summed E-state index contributed by atoms with van der Waals surface area (Å²) >= 11 is 0. The van der Waals surface area contributed by atoms with E-state index in [0.717, 1.165) is 4.31 Å². The van der Waals surface area contributed by atoms with Crippen LogP contribution in [0.25, 0.3) is 11.0 Å². The maximum atomic E-state index is 13.4. The van der Waals surface area contributed by atoms with Crippen molar-refractivity contribution in [3.8, 4) is 0 Å². The van der Waals surface area contributed by atoms with Gasteiger partial charge in [0, 0.05) is 12.6 Å². The molecule has 0 atom stereocenters. The van der Waals surface area contributed by atoms with Gasteiger partial charge in [0.05, 0.1) is 23.1 Å². The van der Waals surface area contributed by atoms with E-state index in [0.29, 0.717) is 23.4 Å². The summed E-state index contributed by atoms with van der Waals surface area (Å²) in [5.74, 6) is -0.596. The highest BCUT2D eigenvalue weighted by atomic mass is 32.2. The summed E-state index contributed by atoms with van der Waals surface area (Å²) in [4.78, 5) is 16.9. The smallest absolute Gasteiger partial charge is 0.269 e. The van der Waals surface area contributed by atoms with Crippen molar-refractivity contribution in [2.24, 2.45) is 0 Å². The molecule has 0 saturated heterocycles. The van der Waals surface area contributed by atoms with Crippen molar-refractivity contribution in [3.05, 3.63) is 59.7 Å². The Morgan fingerprint density at radius 3 is 2.64 bits per heavy atom. The molecule has 0 spiro atoms. The number of carbonyl (C=O) groups is 1. The second kappa shape index (κ2) is 5.38. The lowest BCUT2D eigenvalue weighted by atomic mass is 10.2. The van der Waals surface area contributed by atoms with Gasteiger partial charge in [-0.2, -0.15) is 0 Å². The van der Waals surface area contributed by atoms with Crippen LogP contribution >= 0.6 is 0 Å². The van der Waals surface area contributed by atoms with Crippen LogP contribution in [0.4, 0.5) is 4.39 Å². The number of aryl methyl sites for hydroxylation is 1. The third-order valence-corrected chi connectivity index (χ3v) is 6.09. The minimum atomic E-state index is -3.91. The monoisotopic (exact) mass is 359 g/mol. The van der Waals surface area contributed by atoms with Gasteiger partial charge >= 0.3 is 0 Å². The van der Waals surface area contributed by atoms with Gasteiger partial charge in [-0.1, -0.05) is 12.1 Å². The summed E-state index contributed by atoms with van der Waals surface area (Å²) in [7, 11) is -3.91. The zero-order valence-corrected chi connectivity index (χ0v) is 14.1. The fraction of sp³-hybridized carbons (Fsp3) is 0.176. The predicted molar refractivity (Wildman–Crippen MR) is 88.9 cm³/mol. The molecular formula is C17H14FN3O3S. The first-order chi connectivity index (χ1) is 11.9. The average Bonchev–Trinajstić information content (AvgIpc) is 3.03. The molecule has 0 saturated carbocycles. The van der Waals surface area contributed by atoms with E-state index in [-0.39, 0.29) is 17.0 Å². The second-order valence-corrected chi connectivity index (χ2v) is 7.55. The molecule has 1 amide bonds. The third kappa shape index (κ3) is 2.25. The number of sulfonamides is 1. The van der Waals surface area contributed by atoms with E-state index in [4.69, 9.17) is 0 Å². The van der Waals surface area contributed by atoms with Crippen LogP contribution in [-0.4, -0.2) is 28.2 Å². The Kier molecular flexibility index (Phi) is 3.40. The van der Waals surface area contributed by atoms with Gasteiger partial charge in [-0.25, -0.2) is 22.1 Å². The van der Waals surface area contributed by atoms with Crippen molar-refractivity contribution in [2.45, 2.75) is 24.9 Å². The average molecular weight is 359 g/mol. The van der Waals surface area contributed by atoms with Crippen molar-refractivity contribution < 1.29 is 17.6 Å². The molecule has 0 radical (unpaired) electrons. The van der Waals surface area contributed by atoms with Crippen LogP contribution < -0.4 is 0 Å². The van der Waals surface area contributed by atoms with Gasteiger partial charge in [-0.15, -0.1) is 0 Å². The Morgan fingerprint density at radius 2 is 1.92 bits per heavy atom. The molecule has 0 aliphatic carbocycles. The summed E-state index contributed by atoms with van der Waals surface area (Å²) in [6.07, 6.45) is 0. The third-order valence-electron chi connectivity index (χ3n) is 4.30. The minimum Gasteiger partial charge on any atom is -0.327 e. The van der Waals surface area contributed by atoms with Crippen LogP contribution in [0, 0.1) is 5.82 Å².